The third-order valence-electron chi connectivity index (χ3n) is 3.80. The molecular weight excluding hydrogens is 292 g/mol. The van der Waals surface area contributed by atoms with Crippen LogP contribution in [0.1, 0.15) is 50.2 Å². The van der Waals surface area contributed by atoms with Gasteiger partial charge >= 0.3 is 6.03 Å². The van der Waals surface area contributed by atoms with E-state index in [-0.39, 0.29) is 5.57 Å². The van der Waals surface area contributed by atoms with Gasteiger partial charge in [-0.25, -0.2) is 4.79 Å². The highest BCUT2D eigenvalue weighted by Gasteiger charge is 2.27. The Kier molecular flexibility index (Phi) is 6.09. The van der Waals surface area contributed by atoms with Crippen molar-refractivity contribution in [3.8, 4) is 0 Å². The summed E-state index contributed by atoms with van der Waals surface area (Å²) in [5.74, 6) is -1.34. The predicted molar refractivity (Wildman–Crippen MR) is 88.6 cm³/mol. The molecule has 1 aliphatic heterocycles. The molecule has 1 aromatic carbocycles. The van der Waals surface area contributed by atoms with Gasteiger partial charge in [-0.15, -0.1) is 0 Å². The highest BCUT2D eigenvalue weighted by molar-refractivity contribution is 6.31. The van der Waals surface area contributed by atoms with Crippen LogP contribution in [0.2, 0.25) is 0 Å². The van der Waals surface area contributed by atoms with Crippen molar-refractivity contribution in [2.45, 2.75) is 45.4 Å². The zero-order valence-electron chi connectivity index (χ0n) is 13.4. The second-order valence-electron chi connectivity index (χ2n) is 5.70. The third kappa shape index (κ3) is 5.06. The molecule has 5 nitrogen and oxygen atoms in total. The average Bonchev–Trinajstić information content (AvgIpc) is 2.52. The molecule has 0 unspecified atom stereocenters. The Morgan fingerprint density at radius 3 is 2.09 bits per heavy atom. The lowest BCUT2D eigenvalue weighted by Gasteiger charge is -2.13. The summed E-state index contributed by atoms with van der Waals surface area (Å²) in [6.07, 6.45) is 8.76. The number of barbiturate groups is 1. The first kappa shape index (κ1) is 16.9. The number of imide groups is 2. The van der Waals surface area contributed by atoms with Gasteiger partial charge in [0, 0.05) is 0 Å². The number of hydrogen-bond donors (Lipinski definition) is 2. The van der Waals surface area contributed by atoms with Crippen LogP contribution in [0.4, 0.5) is 4.79 Å². The Labute approximate surface area is 136 Å². The Hall–Kier alpha value is -2.43. The van der Waals surface area contributed by atoms with Gasteiger partial charge in [0.25, 0.3) is 11.8 Å². The van der Waals surface area contributed by atoms with Gasteiger partial charge in [-0.1, -0.05) is 56.9 Å². The lowest BCUT2D eigenvalue weighted by molar-refractivity contribution is -0.123. The van der Waals surface area contributed by atoms with Crippen molar-refractivity contribution < 1.29 is 14.4 Å². The van der Waals surface area contributed by atoms with Gasteiger partial charge in [0.05, 0.1) is 0 Å². The number of benzene rings is 1. The quantitative estimate of drug-likeness (QED) is 0.461. The molecule has 1 aliphatic rings. The van der Waals surface area contributed by atoms with E-state index in [1.165, 1.54) is 43.7 Å². The maximum absolute atomic E-state index is 11.7. The summed E-state index contributed by atoms with van der Waals surface area (Å²) in [7, 11) is 0. The van der Waals surface area contributed by atoms with Crippen LogP contribution in [0.15, 0.2) is 29.8 Å². The first-order valence-electron chi connectivity index (χ1n) is 8.07. The van der Waals surface area contributed by atoms with Crippen LogP contribution in [0, 0.1) is 0 Å². The molecule has 1 fully saturated rings. The fourth-order valence-electron chi connectivity index (χ4n) is 2.49. The Morgan fingerprint density at radius 1 is 0.870 bits per heavy atom. The molecule has 2 rings (SSSR count). The van der Waals surface area contributed by atoms with E-state index in [1.807, 2.05) is 24.3 Å². The van der Waals surface area contributed by atoms with Crippen molar-refractivity contribution in [1.29, 1.82) is 0 Å². The fraction of sp³-hybridized carbons (Fsp3) is 0.389. The molecule has 0 bridgehead atoms. The summed E-state index contributed by atoms with van der Waals surface area (Å²) >= 11 is 0. The Balaban J connectivity index is 1.94. The molecule has 0 radical (unpaired) electrons. The molecule has 0 spiro atoms. The summed E-state index contributed by atoms with van der Waals surface area (Å²) < 4.78 is 0. The smallest absolute Gasteiger partial charge is 0.273 e. The highest BCUT2D eigenvalue weighted by Crippen LogP contribution is 2.13. The van der Waals surface area contributed by atoms with Crippen molar-refractivity contribution in [3.63, 3.8) is 0 Å². The summed E-state index contributed by atoms with van der Waals surface area (Å²) in [5, 5.41) is 4.12. The van der Waals surface area contributed by atoms with Gasteiger partial charge in [-0.2, -0.15) is 0 Å². The first-order chi connectivity index (χ1) is 11.1. The van der Waals surface area contributed by atoms with E-state index >= 15 is 0 Å². The number of carbonyl (C=O) groups excluding carboxylic acids is 3. The van der Waals surface area contributed by atoms with E-state index in [9.17, 15) is 14.4 Å². The van der Waals surface area contributed by atoms with E-state index in [0.29, 0.717) is 0 Å². The minimum atomic E-state index is -0.782. The number of aryl methyl sites for hydroxylation is 1. The molecule has 0 saturated carbocycles. The number of carbonyl (C=O) groups is 3. The van der Waals surface area contributed by atoms with E-state index in [4.69, 9.17) is 0 Å². The molecule has 1 heterocycles. The number of rotatable bonds is 7. The molecule has 122 valence electrons. The first-order valence-corrected chi connectivity index (χ1v) is 8.07. The summed E-state index contributed by atoms with van der Waals surface area (Å²) in [5.41, 5.74) is 1.95. The van der Waals surface area contributed by atoms with Gasteiger partial charge in [0.1, 0.15) is 5.57 Å². The monoisotopic (exact) mass is 314 g/mol. The number of nitrogens with one attached hydrogen (secondary N) is 2. The van der Waals surface area contributed by atoms with Crippen LogP contribution >= 0.6 is 0 Å². The zero-order chi connectivity index (χ0) is 16.7. The van der Waals surface area contributed by atoms with Crippen LogP contribution in [0.5, 0.6) is 0 Å². The van der Waals surface area contributed by atoms with E-state index in [0.717, 1.165) is 12.0 Å². The van der Waals surface area contributed by atoms with Crippen LogP contribution < -0.4 is 10.6 Å². The maximum Gasteiger partial charge on any atom is 0.328 e. The largest absolute Gasteiger partial charge is 0.328 e. The van der Waals surface area contributed by atoms with Crippen molar-refractivity contribution in [1.82, 2.24) is 10.6 Å². The van der Waals surface area contributed by atoms with Crippen LogP contribution in [-0.2, 0) is 16.0 Å². The van der Waals surface area contributed by atoms with Crippen molar-refractivity contribution in [2.24, 2.45) is 0 Å². The zero-order valence-corrected chi connectivity index (χ0v) is 13.4. The average molecular weight is 314 g/mol. The Morgan fingerprint density at radius 2 is 1.48 bits per heavy atom. The molecule has 5 heteroatoms. The molecule has 23 heavy (non-hydrogen) atoms. The molecule has 4 amide bonds. The number of unbranched alkanes of at least 4 members (excludes halogenated alkanes) is 4. The van der Waals surface area contributed by atoms with Gasteiger partial charge in [0.2, 0.25) is 0 Å². The minimum absolute atomic E-state index is 0.0584. The predicted octanol–water partition coefficient (Wildman–Crippen LogP) is 2.95. The molecule has 0 aliphatic carbocycles. The van der Waals surface area contributed by atoms with Crippen LogP contribution in [-0.4, -0.2) is 17.8 Å². The summed E-state index contributed by atoms with van der Waals surface area (Å²) in [6, 6.07) is 7.00. The van der Waals surface area contributed by atoms with E-state index in [1.54, 1.807) is 0 Å². The van der Waals surface area contributed by atoms with Gasteiger partial charge in [0.15, 0.2) is 0 Å². The topological polar surface area (TPSA) is 75.3 Å². The lowest BCUT2D eigenvalue weighted by atomic mass is 10.0. The van der Waals surface area contributed by atoms with Crippen LogP contribution in [0.25, 0.3) is 6.08 Å². The SMILES string of the molecule is CCCCCCCc1ccc(C=C2C(=O)NC(=O)NC2=O)cc1. The fourth-order valence-corrected chi connectivity index (χ4v) is 2.49. The van der Waals surface area contributed by atoms with Crippen molar-refractivity contribution in [3.05, 3.63) is 41.0 Å². The summed E-state index contributed by atoms with van der Waals surface area (Å²) in [6.45, 7) is 2.20. The number of hydrogen-bond acceptors (Lipinski definition) is 3. The third-order valence-corrected chi connectivity index (χ3v) is 3.80. The van der Waals surface area contributed by atoms with E-state index in [2.05, 4.69) is 17.6 Å². The molecule has 0 aromatic heterocycles. The van der Waals surface area contributed by atoms with Crippen molar-refractivity contribution in [2.75, 3.05) is 0 Å². The maximum atomic E-state index is 11.7. The number of urea groups is 1. The van der Waals surface area contributed by atoms with Crippen LogP contribution in [0.3, 0.4) is 0 Å². The van der Waals surface area contributed by atoms with Crippen molar-refractivity contribution >= 4 is 23.9 Å². The van der Waals surface area contributed by atoms with Gasteiger partial charge in [-0.05, 0) is 30.0 Å². The standard InChI is InChI=1S/C18H22N2O3/c1-2-3-4-5-6-7-13-8-10-14(11-9-13)12-15-16(21)19-18(23)20-17(15)22/h8-12H,2-7H2,1H3,(H2,19,20,21,22,23). The second-order valence-corrected chi connectivity index (χ2v) is 5.70. The lowest BCUT2D eigenvalue weighted by Crippen LogP contribution is -2.51. The molecule has 1 aromatic rings. The van der Waals surface area contributed by atoms with Gasteiger partial charge in [-0.3, -0.25) is 20.2 Å². The number of amides is 4. The van der Waals surface area contributed by atoms with Gasteiger partial charge < -0.3 is 0 Å². The molecule has 1 saturated heterocycles. The Bertz CT molecular complexity index is 596. The highest BCUT2D eigenvalue weighted by atomic mass is 16.2. The molecular formula is C18H22N2O3. The minimum Gasteiger partial charge on any atom is -0.273 e. The molecule has 0 atom stereocenters. The summed E-state index contributed by atoms with van der Waals surface area (Å²) in [4.78, 5) is 34.3. The normalized spacial score (nSPS) is 14.5. The van der Waals surface area contributed by atoms with E-state index < -0.39 is 17.8 Å². The molecule has 2 N–H and O–H groups in total. The second kappa shape index (κ2) is 8.27.